The quantitative estimate of drug-likeness (QED) is 0.848. The number of thiophene rings is 1. The fraction of sp³-hybridized carbons (Fsp3) is 0.538. The summed E-state index contributed by atoms with van der Waals surface area (Å²) in [5.41, 5.74) is 1.02. The van der Waals surface area contributed by atoms with Crippen LogP contribution in [0.15, 0.2) is 11.4 Å². The van der Waals surface area contributed by atoms with Crippen LogP contribution in [0.25, 0.3) is 0 Å². The lowest BCUT2D eigenvalue weighted by Crippen LogP contribution is -2.30. The van der Waals surface area contributed by atoms with E-state index in [-0.39, 0.29) is 6.61 Å². The van der Waals surface area contributed by atoms with Crippen molar-refractivity contribution in [1.82, 2.24) is 4.90 Å². The van der Waals surface area contributed by atoms with Gasteiger partial charge in [0, 0.05) is 34.2 Å². The summed E-state index contributed by atoms with van der Waals surface area (Å²) in [4.78, 5) is 3.79. The standard InChI is InChI=1S/C13H17NOS2/c1-14(12-4-6-16-10-12)8-13-7-11(9-17-13)3-2-5-15/h7,9,12,15H,4-6,8,10H2,1H3. The fourth-order valence-electron chi connectivity index (χ4n) is 1.92. The van der Waals surface area contributed by atoms with Gasteiger partial charge in [-0.05, 0) is 25.3 Å². The zero-order valence-electron chi connectivity index (χ0n) is 9.98. The van der Waals surface area contributed by atoms with Crippen molar-refractivity contribution in [1.29, 1.82) is 0 Å². The molecule has 1 N–H and O–H groups in total. The van der Waals surface area contributed by atoms with Gasteiger partial charge in [0.05, 0.1) is 0 Å². The first-order chi connectivity index (χ1) is 8.29. The second-order valence-corrected chi connectivity index (χ2v) is 6.34. The van der Waals surface area contributed by atoms with Crippen LogP contribution in [0.5, 0.6) is 0 Å². The van der Waals surface area contributed by atoms with Crippen LogP contribution < -0.4 is 0 Å². The second-order valence-electron chi connectivity index (χ2n) is 4.19. The molecule has 1 aromatic rings. The molecule has 0 spiro atoms. The third-order valence-electron chi connectivity index (χ3n) is 2.90. The van der Waals surface area contributed by atoms with Crippen molar-refractivity contribution in [3.8, 4) is 11.8 Å². The minimum Gasteiger partial charge on any atom is -0.384 e. The zero-order valence-corrected chi connectivity index (χ0v) is 11.6. The highest BCUT2D eigenvalue weighted by atomic mass is 32.2. The van der Waals surface area contributed by atoms with E-state index in [0.29, 0.717) is 0 Å². The molecule has 1 atom stereocenters. The van der Waals surface area contributed by atoms with E-state index < -0.39 is 0 Å². The van der Waals surface area contributed by atoms with Gasteiger partial charge < -0.3 is 5.11 Å². The first-order valence-corrected chi connectivity index (χ1v) is 7.78. The Morgan fingerprint density at radius 2 is 2.47 bits per heavy atom. The summed E-state index contributed by atoms with van der Waals surface area (Å²) in [6.45, 7) is 0.946. The Hall–Kier alpha value is -0.470. The van der Waals surface area contributed by atoms with Gasteiger partial charge in [0.25, 0.3) is 0 Å². The minimum absolute atomic E-state index is 0.0651. The number of aliphatic hydroxyl groups excluding tert-OH is 1. The number of thioether (sulfide) groups is 1. The molecule has 2 heterocycles. The first-order valence-electron chi connectivity index (χ1n) is 5.74. The van der Waals surface area contributed by atoms with Gasteiger partial charge in [-0.15, -0.1) is 11.3 Å². The Morgan fingerprint density at radius 1 is 1.59 bits per heavy atom. The average Bonchev–Trinajstić information content (AvgIpc) is 2.97. The molecule has 2 nitrogen and oxygen atoms in total. The largest absolute Gasteiger partial charge is 0.384 e. The predicted octanol–water partition coefficient (Wildman–Crippen LogP) is 2.03. The molecule has 1 fully saturated rings. The van der Waals surface area contributed by atoms with Gasteiger partial charge in [-0.25, -0.2) is 0 Å². The molecule has 1 aliphatic rings. The van der Waals surface area contributed by atoms with Crippen LogP contribution >= 0.6 is 23.1 Å². The van der Waals surface area contributed by atoms with E-state index in [0.717, 1.165) is 18.2 Å². The van der Waals surface area contributed by atoms with Gasteiger partial charge in [0.1, 0.15) is 6.61 Å². The smallest absolute Gasteiger partial charge is 0.104 e. The van der Waals surface area contributed by atoms with Crippen LogP contribution in [0.1, 0.15) is 16.9 Å². The Kier molecular flexibility index (Phi) is 4.93. The lowest BCUT2D eigenvalue weighted by Gasteiger charge is -2.22. The van der Waals surface area contributed by atoms with E-state index in [1.54, 1.807) is 11.3 Å². The molecule has 0 aromatic carbocycles. The van der Waals surface area contributed by atoms with Crippen LogP contribution in [-0.2, 0) is 6.54 Å². The maximum Gasteiger partial charge on any atom is 0.104 e. The summed E-state index contributed by atoms with van der Waals surface area (Å²) in [5, 5.41) is 10.7. The molecule has 0 bridgehead atoms. The van der Waals surface area contributed by atoms with Crippen LogP contribution in [0.4, 0.5) is 0 Å². The van der Waals surface area contributed by atoms with Gasteiger partial charge in [-0.1, -0.05) is 11.8 Å². The summed E-state index contributed by atoms with van der Waals surface area (Å²) in [6.07, 6.45) is 1.31. The number of hydrogen-bond donors (Lipinski definition) is 1. The molecule has 1 saturated heterocycles. The third-order valence-corrected chi connectivity index (χ3v) is 4.97. The molecular weight excluding hydrogens is 250 g/mol. The summed E-state index contributed by atoms with van der Waals surface area (Å²) >= 11 is 3.80. The highest BCUT2D eigenvalue weighted by Gasteiger charge is 2.20. The zero-order chi connectivity index (χ0) is 12.1. The van der Waals surface area contributed by atoms with Crippen LogP contribution in [0.3, 0.4) is 0 Å². The number of nitrogens with zero attached hydrogens (tertiary/aromatic N) is 1. The molecule has 1 aliphatic heterocycles. The van der Waals surface area contributed by atoms with Gasteiger partial charge in [0.15, 0.2) is 0 Å². The van der Waals surface area contributed by atoms with E-state index >= 15 is 0 Å². The summed E-state index contributed by atoms with van der Waals surface area (Å²) in [5.74, 6) is 8.19. The maximum atomic E-state index is 8.64. The highest BCUT2D eigenvalue weighted by molar-refractivity contribution is 7.99. The second kappa shape index (κ2) is 6.46. The van der Waals surface area contributed by atoms with Crippen LogP contribution in [0, 0.1) is 11.8 Å². The van der Waals surface area contributed by atoms with Crippen molar-refractivity contribution in [2.75, 3.05) is 25.2 Å². The maximum absolute atomic E-state index is 8.64. The number of rotatable bonds is 3. The molecule has 1 aromatic heterocycles. The van der Waals surface area contributed by atoms with E-state index in [4.69, 9.17) is 5.11 Å². The number of hydrogen-bond acceptors (Lipinski definition) is 4. The van der Waals surface area contributed by atoms with Crippen molar-refractivity contribution < 1.29 is 5.11 Å². The molecule has 92 valence electrons. The van der Waals surface area contributed by atoms with Crippen LogP contribution in [0.2, 0.25) is 0 Å². The van der Waals surface area contributed by atoms with E-state index in [1.165, 1.54) is 22.8 Å². The molecule has 0 amide bonds. The molecule has 2 rings (SSSR count). The van der Waals surface area contributed by atoms with Crippen LogP contribution in [-0.4, -0.2) is 41.2 Å². The summed E-state index contributed by atoms with van der Waals surface area (Å²) in [7, 11) is 2.20. The Balaban J connectivity index is 1.91. The van der Waals surface area contributed by atoms with E-state index in [9.17, 15) is 0 Å². The average molecular weight is 267 g/mol. The van der Waals surface area contributed by atoms with Gasteiger partial charge in [-0.3, -0.25) is 4.90 Å². The minimum atomic E-state index is -0.0651. The van der Waals surface area contributed by atoms with Gasteiger partial charge >= 0.3 is 0 Å². The van der Waals surface area contributed by atoms with Crippen molar-refractivity contribution in [3.63, 3.8) is 0 Å². The molecule has 17 heavy (non-hydrogen) atoms. The van der Waals surface area contributed by atoms with Gasteiger partial charge in [0.2, 0.25) is 0 Å². The Morgan fingerprint density at radius 3 is 3.18 bits per heavy atom. The first kappa shape index (κ1) is 13.0. The summed E-state index contributed by atoms with van der Waals surface area (Å²) < 4.78 is 0. The fourth-order valence-corrected chi connectivity index (χ4v) is 4.09. The molecule has 0 radical (unpaired) electrons. The summed E-state index contributed by atoms with van der Waals surface area (Å²) in [6, 6.07) is 2.86. The highest BCUT2D eigenvalue weighted by Crippen LogP contribution is 2.24. The Bertz CT molecular complexity index is 413. The lowest BCUT2D eigenvalue weighted by molar-refractivity contribution is 0.256. The number of aliphatic hydroxyl groups is 1. The van der Waals surface area contributed by atoms with E-state index in [1.807, 2.05) is 11.8 Å². The molecule has 0 aliphatic carbocycles. The molecule has 4 heteroatoms. The normalized spacial score (nSPS) is 19.4. The SMILES string of the molecule is CN(Cc1cc(C#CCO)cs1)C1CCSC1. The molecular formula is C13H17NOS2. The third kappa shape index (κ3) is 3.75. The van der Waals surface area contributed by atoms with Crippen molar-refractivity contribution in [2.45, 2.75) is 19.0 Å². The lowest BCUT2D eigenvalue weighted by atomic mass is 10.2. The van der Waals surface area contributed by atoms with Gasteiger partial charge in [-0.2, -0.15) is 11.8 Å². The monoisotopic (exact) mass is 267 g/mol. The van der Waals surface area contributed by atoms with E-state index in [2.05, 4.69) is 35.2 Å². The van der Waals surface area contributed by atoms with Crippen molar-refractivity contribution >= 4 is 23.1 Å². The molecule has 1 unspecified atom stereocenters. The molecule has 0 saturated carbocycles. The predicted molar refractivity (Wildman–Crippen MR) is 75.5 cm³/mol. The van der Waals surface area contributed by atoms with Crippen molar-refractivity contribution in [3.05, 3.63) is 21.9 Å². The van der Waals surface area contributed by atoms with Crippen molar-refractivity contribution in [2.24, 2.45) is 0 Å². The Labute approximate surface area is 111 Å². The topological polar surface area (TPSA) is 23.5 Å².